The number of anilines is 1. The highest BCUT2D eigenvalue weighted by atomic mass is 79.9. The molecule has 1 fully saturated rings. The first kappa shape index (κ1) is 21.4. The number of amides is 3. The monoisotopic (exact) mass is 516 g/mol. The molecule has 1 N–H and O–H groups in total. The highest BCUT2D eigenvalue weighted by Crippen LogP contribution is 2.36. The predicted molar refractivity (Wildman–Crippen MR) is 125 cm³/mol. The van der Waals surface area contributed by atoms with Crippen molar-refractivity contribution in [1.29, 1.82) is 0 Å². The van der Waals surface area contributed by atoms with E-state index >= 15 is 0 Å². The van der Waals surface area contributed by atoms with E-state index in [9.17, 15) is 9.59 Å². The summed E-state index contributed by atoms with van der Waals surface area (Å²) in [6.45, 7) is 0.365. The lowest BCUT2D eigenvalue weighted by molar-refractivity contribution is -0.113. The Morgan fingerprint density at radius 3 is 2.39 bits per heavy atom. The lowest BCUT2D eigenvalue weighted by atomic mass is 10.1. The summed E-state index contributed by atoms with van der Waals surface area (Å²) >= 11 is 15.8. The van der Waals surface area contributed by atoms with Gasteiger partial charge in [-0.3, -0.25) is 4.79 Å². The molecule has 156 valence electrons. The van der Waals surface area contributed by atoms with Crippen LogP contribution in [0.15, 0.2) is 76.9 Å². The number of nitrogens with one attached hydrogen (secondary N) is 1. The van der Waals surface area contributed by atoms with Crippen molar-refractivity contribution in [3.05, 3.63) is 98.1 Å². The Kier molecular flexibility index (Phi) is 6.32. The van der Waals surface area contributed by atoms with E-state index in [4.69, 9.17) is 27.9 Å². The minimum atomic E-state index is -0.536. The van der Waals surface area contributed by atoms with Crippen molar-refractivity contribution in [3.63, 3.8) is 0 Å². The van der Waals surface area contributed by atoms with Gasteiger partial charge in [-0.15, -0.1) is 0 Å². The van der Waals surface area contributed by atoms with Crippen molar-refractivity contribution in [3.8, 4) is 5.75 Å². The van der Waals surface area contributed by atoms with Gasteiger partial charge >= 0.3 is 6.03 Å². The van der Waals surface area contributed by atoms with Crippen molar-refractivity contribution in [1.82, 2.24) is 5.32 Å². The van der Waals surface area contributed by atoms with Crippen LogP contribution in [0.1, 0.15) is 11.1 Å². The van der Waals surface area contributed by atoms with Gasteiger partial charge in [0.2, 0.25) is 0 Å². The summed E-state index contributed by atoms with van der Waals surface area (Å²) in [5.41, 5.74) is 2.21. The van der Waals surface area contributed by atoms with Crippen LogP contribution in [-0.2, 0) is 11.4 Å². The van der Waals surface area contributed by atoms with Crippen LogP contribution in [0.4, 0.5) is 10.5 Å². The third kappa shape index (κ3) is 4.77. The number of nitrogens with zero attached hydrogens (tertiary/aromatic N) is 1. The summed E-state index contributed by atoms with van der Waals surface area (Å²) in [4.78, 5) is 26.2. The third-order valence-corrected chi connectivity index (χ3v) is 5.64. The number of hydrogen-bond donors (Lipinski definition) is 1. The van der Waals surface area contributed by atoms with Crippen LogP contribution in [0.3, 0.4) is 0 Å². The molecule has 8 heteroatoms. The maximum Gasteiger partial charge on any atom is 0.333 e. The normalized spacial score (nSPS) is 14.8. The molecule has 5 nitrogen and oxygen atoms in total. The van der Waals surface area contributed by atoms with Gasteiger partial charge in [0.05, 0.1) is 15.2 Å². The van der Waals surface area contributed by atoms with Gasteiger partial charge in [-0.05, 0) is 69.5 Å². The molecule has 1 saturated heterocycles. The summed E-state index contributed by atoms with van der Waals surface area (Å²) in [6.07, 6.45) is 1.56. The average Bonchev–Trinajstić information content (AvgIpc) is 3.02. The number of hydrogen-bond acceptors (Lipinski definition) is 3. The molecule has 3 amide bonds. The van der Waals surface area contributed by atoms with Crippen LogP contribution in [0.2, 0.25) is 10.0 Å². The molecular formula is C23H15BrCl2N2O3. The number of imide groups is 1. The standard InChI is InChI=1S/C23H15BrCl2N2O3/c24-18-10-15(11-19(26)21(18)31-13-14-4-2-1-3-5-14)12-20-22(29)28(23(30)27-20)17-8-6-16(25)7-9-17/h1-12H,13H2,(H,27,30)/b20-12+. The minimum Gasteiger partial charge on any atom is -0.486 e. The van der Waals surface area contributed by atoms with Crippen LogP contribution in [0, 0.1) is 0 Å². The van der Waals surface area contributed by atoms with Gasteiger partial charge in [-0.25, -0.2) is 9.69 Å². The molecule has 1 aliphatic heterocycles. The second kappa shape index (κ2) is 9.14. The molecule has 0 atom stereocenters. The fraction of sp³-hybridized carbons (Fsp3) is 0.0435. The summed E-state index contributed by atoms with van der Waals surface area (Å²) in [6, 6.07) is 19.1. The van der Waals surface area contributed by atoms with E-state index in [1.54, 1.807) is 42.5 Å². The van der Waals surface area contributed by atoms with Crippen molar-refractivity contribution >= 4 is 62.8 Å². The van der Waals surface area contributed by atoms with Crippen LogP contribution in [-0.4, -0.2) is 11.9 Å². The Balaban J connectivity index is 1.55. The fourth-order valence-electron chi connectivity index (χ4n) is 3.06. The smallest absolute Gasteiger partial charge is 0.333 e. The Hall–Kier alpha value is -2.80. The van der Waals surface area contributed by atoms with Gasteiger partial charge in [0.15, 0.2) is 5.75 Å². The molecule has 3 aromatic carbocycles. The molecule has 31 heavy (non-hydrogen) atoms. The molecule has 0 radical (unpaired) electrons. The van der Waals surface area contributed by atoms with E-state index in [0.29, 0.717) is 38.1 Å². The highest BCUT2D eigenvalue weighted by molar-refractivity contribution is 9.10. The molecule has 0 unspecified atom stereocenters. The van der Waals surface area contributed by atoms with Crippen molar-refractivity contribution in [2.24, 2.45) is 0 Å². The van der Waals surface area contributed by atoms with Gasteiger partial charge < -0.3 is 10.1 Å². The lowest BCUT2D eigenvalue weighted by Crippen LogP contribution is -2.30. The van der Waals surface area contributed by atoms with E-state index in [0.717, 1.165) is 10.5 Å². The van der Waals surface area contributed by atoms with E-state index < -0.39 is 11.9 Å². The SMILES string of the molecule is O=C1N/C(=C/c2cc(Cl)c(OCc3ccccc3)c(Br)c2)C(=O)N1c1ccc(Cl)cc1. The molecule has 1 aliphatic rings. The number of rotatable bonds is 5. The highest BCUT2D eigenvalue weighted by Gasteiger charge is 2.34. The maximum atomic E-state index is 12.8. The van der Waals surface area contributed by atoms with E-state index in [2.05, 4.69) is 21.2 Å². The van der Waals surface area contributed by atoms with Gasteiger partial charge in [-0.1, -0.05) is 53.5 Å². The number of halogens is 3. The molecule has 0 saturated carbocycles. The van der Waals surface area contributed by atoms with E-state index in [1.807, 2.05) is 30.3 Å². The number of ether oxygens (including phenoxy) is 1. The molecule has 0 aliphatic carbocycles. The van der Waals surface area contributed by atoms with Crippen LogP contribution < -0.4 is 15.0 Å². The number of carbonyl (C=O) groups excluding carboxylic acids is 2. The Labute approximate surface area is 197 Å². The molecule has 3 aromatic rings. The lowest BCUT2D eigenvalue weighted by Gasteiger charge is -2.12. The van der Waals surface area contributed by atoms with Crippen molar-refractivity contribution in [2.45, 2.75) is 6.61 Å². The largest absolute Gasteiger partial charge is 0.486 e. The molecule has 4 rings (SSSR count). The van der Waals surface area contributed by atoms with Gasteiger partial charge in [0.1, 0.15) is 12.3 Å². The molecule has 0 aromatic heterocycles. The Morgan fingerprint density at radius 2 is 1.71 bits per heavy atom. The maximum absolute atomic E-state index is 12.8. The third-order valence-electron chi connectivity index (χ3n) is 4.52. The van der Waals surface area contributed by atoms with E-state index in [-0.39, 0.29) is 5.70 Å². The number of benzene rings is 3. The summed E-state index contributed by atoms with van der Waals surface area (Å²) in [5.74, 6) is 0.0289. The zero-order valence-corrected chi connectivity index (χ0v) is 19.0. The second-order valence-corrected chi connectivity index (χ2v) is 8.39. The molecule has 0 spiro atoms. The average molecular weight is 518 g/mol. The van der Waals surface area contributed by atoms with Crippen molar-refractivity contribution < 1.29 is 14.3 Å². The molecule has 0 bridgehead atoms. The van der Waals surface area contributed by atoms with Crippen molar-refractivity contribution in [2.75, 3.05) is 4.90 Å². The summed E-state index contributed by atoms with van der Waals surface area (Å²) < 4.78 is 6.48. The molecular weight excluding hydrogens is 503 g/mol. The first-order valence-electron chi connectivity index (χ1n) is 9.21. The molecule has 1 heterocycles. The first-order valence-corrected chi connectivity index (χ1v) is 10.8. The van der Waals surface area contributed by atoms with Crippen LogP contribution >= 0.6 is 39.1 Å². The zero-order chi connectivity index (χ0) is 22.0. The Bertz CT molecular complexity index is 1160. The number of carbonyl (C=O) groups is 2. The van der Waals surface area contributed by atoms with Crippen LogP contribution in [0.25, 0.3) is 6.08 Å². The summed E-state index contributed by atoms with van der Waals surface area (Å²) in [7, 11) is 0. The fourth-order valence-corrected chi connectivity index (χ4v) is 4.17. The van der Waals surface area contributed by atoms with Crippen LogP contribution in [0.5, 0.6) is 5.75 Å². The quantitative estimate of drug-likeness (QED) is 0.313. The van der Waals surface area contributed by atoms with Gasteiger partial charge in [0, 0.05) is 5.02 Å². The van der Waals surface area contributed by atoms with E-state index in [1.165, 1.54) is 0 Å². The topological polar surface area (TPSA) is 58.6 Å². The second-order valence-electron chi connectivity index (χ2n) is 6.69. The minimum absolute atomic E-state index is 0.140. The zero-order valence-electron chi connectivity index (χ0n) is 15.9. The van der Waals surface area contributed by atoms with Gasteiger partial charge in [-0.2, -0.15) is 0 Å². The Morgan fingerprint density at radius 1 is 1.00 bits per heavy atom. The van der Waals surface area contributed by atoms with Gasteiger partial charge in [0.25, 0.3) is 5.91 Å². The predicted octanol–water partition coefficient (Wildman–Crippen LogP) is 6.43. The number of urea groups is 1. The summed E-state index contributed by atoms with van der Waals surface area (Å²) in [5, 5.41) is 3.48. The first-order chi connectivity index (χ1) is 14.9.